The number of ketones is 2. The molecular formula is C68H71CaFN2O10. The number of aliphatic hydroxyl groups excluding tert-OH is 4. The van der Waals surface area contributed by atoms with Crippen molar-refractivity contribution in [2.75, 3.05) is 0 Å². The minimum atomic E-state index is -1.38. The van der Waals surface area contributed by atoms with E-state index in [4.69, 9.17) is 0 Å². The average molecular weight is 1140 g/mol. The first-order valence-corrected chi connectivity index (χ1v) is 27.6. The Labute approximate surface area is 509 Å². The largest absolute Gasteiger partial charge is 2.00 e. The molecular weight excluding hydrogens is 1060 g/mol. The smallest absolute Gasteiger partial charge is 0.550 e. The van der Waals surface area contributed by atoms with E-state index < -0.39 is 49.2 Å². The summed E-state index contributed by atoms with van der Waals surface area (Å²) in [6.45, 7) is 8.82. The Bertz CT molecular complexity index is 3330. The third kappa shape index (κ3) is 17.1. The van der Waals surface area contributed by atoms with Gasteiger partial charge in [0.1, 0.15) is 5.82 Å². The Morgan fingerprint density at radius 2 is 0.744 bits per heavy atom. The summed E-state index contributed by atoms with van der Waals surface area (Å²) in [6.07, 6.45) is -4.68. The number of halogens is 1. The summed E-state index contributed by atoms with van der Waals surface area (Å²) in [5, 5.41) is 63.3. The number of carbonyl (C=O) groups excluding carboxylic acids is 4. The van der Waals surface area contributed by atoms with Gasteiger partial charge in [0, 0.05) is 84.4 Å². The number of nitrogens with zero attached hydrogens (tertiary/aromatic N) is 2. The molecule has 6 aromatic carbocycles. The van der Waals surface area contributed by atoms with Crippen LogP contribution in [-0.2, 0) is 35.5 Å². The third-order valence-corrected chi connectivity index (χ3v) is 14.2. The molecule has 2 aromatic heterocycles. The van der Waals surface area contributed by atoms with E-state index in [0.717, 1.165) is 67.3 Å². The van der Waals surface area contributed by atoms with Crippen LogP contribution in [0.5, 0.6) is 0 Å². The van der Waals surface area contributed by atoms with Crippen molar-refractivity contribution < 1.29 is 54.2 Å². The number of hydrogen-bond donors (Lipinski definition) is 4. The Kier molecular flexibility index (Phi) is 24.3. The summed E-state index contributed by atoms with van der Waals surface area (Å²) in [5.41, 5.74) is 11.5. The average Bonchev–Trinajstić information content (AvgIpc) is 4.23. The Balaban J connectivity index is 0.000000261. The molecule has 422 valence electrons. The van der Waals surface area contributed by atoms with Crippen LogP contribution in [0.4, 0.5) is 4.39 Å². The van der Waals surface area contributed by atoms with Gasteiger partial charge < -0.3 is 49.4 Å². The molecule has 2 heterocycles. The monoisotopic (exact) mass is 1130 g/mol. The van der Waals surface area contributed by atoms with Gasteiger partial charge in [-0.3, -0.25) is 9.59 Å². The first kappa shape index (κ1) is 64.4. The number of carboxylic acids is 2. The van der Waals surface area contributed by atoms with Gasteiger partial charge >= 0.3 is 37.7 Å². The molecule has 4 N–H and O–H groups in total. The van der Waals surface area contributed by atoms with Crippen molar-refractivity contribution in [2.45, 2.75) is 128 Å². The van der Waals surface area contributed by atoms with E-state index in [2.05, 4.69) is 18.4 Å². The summed E-state index contributed by atoms with van der Waals surface area (Å²) >= 11 is 0. The quantitative estimate of drug-likeness (QED) is 0.0298. The zero-order chi connectivity index (χ0) is 58.2. The Morgan fingerprint density at radius 1 is 0.439 bits per heavy atom. The van der Waals surface area contributed by atoms with Gasteiger partial charge in [-0.25, -0.2) is 4.39 Å². The van der Waals surface area contributed by atoms with Crippen molar-refractivity contribution >= 4 is 61.2 Å². The first-order valence-electron chi connectivity index (χ1n) is 27.6. The SMILES string of the molecule is CC(C)c1c(C(=O)Cc2ccccc2)c(-c2ccccc2)c(-c2ccc(F)cc2)n1CC[C@@H](O)C[C@@H](O)CC(=O)[O-].CC(C)c1c(C(=O)Cc2ccccc2)c(-c2ccccc2)c(-c2ccccc2)n1CC[C@@H](O)C[C@@H](O)CC(=O)[O-].[Ca+2]. The molecule has 0 bridgehead atoms. The number of aromatic nitrogens is 2. The number of carboxylic acid groups (broad SMARTS) is 2. The van der Waals surface area contributed by atoms with Gasteiger partial charge in [-0.15, -0.1) is 0 Å². The van der Waals surface area contributed by atoms with Crippen molar-refractivity contribution in [3.8, 4) is 44.8 Å². The number of rotatable bonds is 26. The first-order chi connectivity index (χ1) is 38.9. The second-order valence-corrected chi connectivity index (χ2v) is 21.2. The molecule has 82 heavy (non-hydrogen) atoms. The molecule has 0 aliphatic carbocycles. The number of Topliss-reactive ketones (excluding diaryl/α,β-unsaturated/α-hetero) is 2. The van der Waals surface area contributed by atoms with Crippen LogP contribution in [0.25, 0.3) is 44.8 Å². The summed E-state index contributed by atoms with van der Waals surface area (Å²) in [7, 11) is 0. The van der Waals surface area contributed by atoms with Crippen LogP contribution in [0.15, 0.2) is 176 Å². The second-order valence-electron chi connectivity index (χ2n) is 21.2. The second kappa shape index (κ2) is 31.0. The van der Waals surface area contributed by atoms with E-state index >= 15 is 0 Å². The van der Waals surface area contributed by atoms with Crippen LogP contribution < -0.4 is 10.2 Å². The normalized spacial score (nSPS) is 12.7. The van der Waals surface area contributed by atoms with Crippen molar-refractivity contribution in [3.05, 3.63) is 215 Å². The molecule has 0 aliphatic heterocycles. The van der Waals surface area contributed by atoms with Crippen LogP contribution >= 0.6 is 0 Å². The summed E-state index contributed by atoms with van der Waals surface area (Å²) in [5.74, 6) is -3.23. The maximum atomic E-state index is 14.2. The molecule has 12 nitrogen and oxygen atoms in total. The molecule has 0 saturated heterocycles. The van der Waals surface area contributed by atoms with E-state index in [1.54, 1.807) is 12.1 Å². The summed E-state index contributed by atoms with van der Waals surface area (Å²) in [4.78, 5) is 50.1. The van der Waals surface area contributed by atoms with Gasteiger partial charge in [-0.1, -0.05) is 179 Å². The summed E-state index contributed by atoms with van der Waals surface area (Å²) < 4.78 is 18.2. The minimum Gasteiger partial charge on any atom is -0.550 e. The zero-order valence-corrected chi connectivity index (χ0v) is 49.2. The predicted molar refractivity (Wildman–Crippen MR) is 315 cm³/mol. The topological polar surface area (TPSA) is 205 Å². The van der Waals surface area contributed by atoms with E-state index in [1.807, 2.05) is 170 Å². The fraction of sp³-hybridized carbons (Fsp3) is 0.294. The standard InChI is InChI=1S/C34H36FNO5.C34H37NO5.Ca/c1-22(2)33-32(29(39)19-23-9-5-3-6-10-23)31(24-11-7-4-8-12-24)34(25-13-15-26(35)16-14-25)36(33)18-17-27(37)20-28(38)21-30(40)41;1-23(2)33-32(29(38)20-24-12-6-3-7-13-24)31(25-14-8-4-9-15-25)34(26-16-10-5-11-17-26)35(33)19-18-27(36)21-28(37)22-30(39)40;/h3-16,22,27-28,37-38H,17-21H2,1-2H3,(H,40,41);3-17,23,27-28,36-37H,18-22H2,1-2H3,(H,39,40);/q;;+2/p-2/t2*27-,28-;/m11./s1. The van der Waals surface area contributed by atoms with Crippen molar-refractivity contribution in [1.82, 2.24) is 9.13 Å². The zero-order valence-electron chi connectivity index (χ0n) is 47.0. The summed E-state index contributed by atoms with van der Waals surface area (Å²) in [6, 6.07) is 54.8. The molecule has 4 atom stereocenters. The van der Waals surface area contributed by atoms with E-state index in [9.17, 15) is 54.2 Å². The molecule has 0 spiro atoms. The third-order valence-electron chi connectivity index (χ3n) is 14.2. The van der Waals surface area contributed by atoms with Crippen LogP contribution in [0.3, 0.4) is 0 Å². The van der Waals surface area contributed by atoms with Gasteiger partial charge in [0.15, 0.2) is 11.6 Å². The van der Waals surface area contributed by atoms with E-state index in [1.165, 1.54) is 12.1 Å². The van der Waals surface area contributed by atoms with Crippen LogP contribution in [0.1, 0.15) is 121 Å². The van der Waals surface area contributed by atoms with Crippen molar-refractivity contribution in [1.29, 1.82) is 0 Å². The minimum absolute atomic E-state index is 0. The van der Waals surface area contributed by atoms with Gasteiger partial charge in [0.05, 0.1) is 35.8 Å². The number of carbonyl (C=O) groups is 4. The predicted octanol–water partition coefficient (Wildman–Crippen LogP) is 9.78. The van der Waals surface area contributed by atoms with Gasteiger partial charge in [0.2, 0.25) is 0 Å². The molecule has 8 rings (SSSR count). The molecule has 0 aliphatic rings. The Morgan fingerprint density at radius 3 is 1.06 bits per heavy atom. The molecule has 8 aromatic rings. The van der Waals surface area contributed by atoms with Gasteiger partial charge in [-0.05, 0) is 95.2 Å². The molecule has 0 saturated carbocycles. The van der Waals surface area contributed by atoms with Crippen molar-refractivity contribution in [2.24, 2.45) is 0 Å². The van der Waals surface area contributed by atoms with Crippen molar-refractivity contribution in [3.63, 3.8) is 0 Å². The molecule has 0 fully saturated rings. The molecule has 0 amide bonds. The Hall–Kier alpha value is -6.81. The fourth-order valence-electron chi connectivity index (χ4n) is 10.8. The van der Waals surface area contributed by atoms with Crippen LogP contribution in [0.2, 0.25) is 0 Å². The number of aliphatic hydroxyl groups is 4. The molecule has 14 heteroatoms. The molecule has 0 radical (unpaired) electrons. The maximum absolute atomic E-state index is 14.2. The number of hydrogen-bond acceptors (Lipinski definition) is 10. The number of benzene rings is 6. The van der Waals surface area contributed by atoms with Crippen LogP contribution in [-0.4, -0.2) is 115 Å². The molecule has 0 unspecified atom stereocenters. The van der Waals surface area contributed by atoms with Gasteiger partial charge in [0.25, 0.3) is 0 Å². The van der Waals surface area contributed by atoms with E-state index in [-0.39, 0.29) is 112 Å². The maximum Gasteiger partial charge on any atom is 2.00 e. The fourth-order valence-corrected chi connectivity index (χ4v) is 10.8. The number of aliphatic carboxylic acids is 2. The van der Waals surface area contributed by atoms with Crippen LogP contribution in [0, 0.1) is 5.82 Å². The van der Waals surface area contributed by atoms with E-state index in [0.29, 0.717) is 17.7 Å². The van der Waals surface area contributed by atoms with Gasteiger partial charge in [-0.2, -0.15) is 0 Å².